The first kappa shape index (κ1) is 33.8. The highest BCUT2D eigenvalue weighted by Crippen LogP contribution is 2.54. The molecule has 2 aliphatic rings. The molecule has 2 fully saturated rings. The fraction of sp³-hybridized carbons (Fsp3) is 0.217. The number of nitrogens with zero attached hydrogens (tertiary/aromatic N) is 2. The zero-order valence-electron chi connectivity index (χ0n) is 28.8. The van der Waals surface area contributed by atoms with E-state index in [4.69, 9.17) is 0 Å². The lowest BCUT2D eigenvalue weighted by Crippen LogP contribution is -2.34. The van der Waals surface area contributed by atoms with Crippen molar-refractivity contribution < 1.29 is 17.6 Å². The van der Waals surface area contributed by atoms with Crippen molar-refractivity contribution in [2.75, 3.05) is 9.80 Å². The molecule has 6 aromatic rings. The lowest BCUT2D eigenvalue weighted by Gasteiger charge is -2.46. The van der Waals surface area contributed by atoms with Gasteiger partial charge in [-0.25, -0.2) is 17.6 Å². The van der Waals surface area contributed by atoms with Gasteiger partial charge >= 0.3 is 0 Å². The summed E-state index contributed by atoms with van der Waals surface area (Å²) in [6.07, 6.45) is 6.69. The second-order valence-electron chi connectivity index (χ2n) is 14.2. The molecule has 8 rings (SSSR count). The first-order valence-electron chi connectivity index (χ1n) is 18.2. The van der Waals surface area contributed by atoms with Crippen molar-refractivity contribution in [3.63, 3.8) is 0 Å². The van der Waals surface area contributed by atoms with E-state index in [0.29, 0.717) is 46.4 Å². The fourth-order valence-corrected chi connectivity index (χ4v) is 8.97. The third-order valence-corrected chi connectivity index (χ3v) is 11.1. The Hall–Kier alpha value is -5.36. The molecule has 2 aliphatic carbocycles. The van der Waals surface area contributed by atoms with E-state index in [-0.39, 0.29) is 23.3 Å². The maximum atomic E-state index is 14.5. The van der Waals surface area contributed by atoms with Crippen LogP contribution >= 0.6 is 0 Å². The van der Waals surface area contributed by atoms with Crippen LogP contribution < -0.4 is 9.80 Å². The highest BCUT2D eigenvalue weighted by atomic mass is 19.1. The Balaban J connectivity index is 1.12. The molecule has 0 bridgehead atoms. The van der Waals surface area contributed by atoms with Crippen LogP contribution in [0.5, 0.6) is 0 Å². The summed E-state index contributed by atoms with van der Waals surface area (Å²) in [5.74, 6) is 0.256. The van der Waals surface area contributed by atoms with Crippen molar-refractivity contribution in [1.82, 2.24) is 0 Å². The summed E-state index contributed by atoms with van der Waals surface area (Å²) in [4.78, 5) is 3.85. The largest absolute Gasteiger partial charge is 0.310 e. The van der Waals surface area contributed by atoms with Crippen LogP contribution in [0.15, 0.2) is 146 Å². The zero-order chi connectivity index (χ0) is 35.6. The second-order valence-corrected chi connectivity index (χ2v) is 14.2. The zero-order valence-corrected chi connectivity index (χ0v) is 28.8. The molecule has 0 aromatic heterocycles. The molecule has 4 unspecified atom stereocenters. The Bertz CT molecular complexity index is 1940. The first-order chi connectivity index (χ1) is 25.4. The molecule has 262 valence electrons. The Morgan fingerprint density at radius 2 is 0.635 bits per heavy atom. The van der Waals surface area contributed by atoms with Crippen molar-refractivity contribution in [1.29, 1.82) is 0 Å². The van der Waals surface area contributed by atoms with Crippen LogP contribution in [0, 0.1) is 35.1 Å². The first-order valence-corrected chi connectivity index (χ1v) is 18.2. The molecule has 0 radical (unpaired) electrons. The molecule has 0 heterocycles. The summed E-state index contributed by atoms with van der Waals surface area (Å²) in [5, 5.41) is 0. The molecule has 0 saturated heterocycles. The Kier molecular flexibility index (Phi) is 9.55. The molecule has 2 nitrogen and oxygen atoms in total. The highest BCUT2D eigenvalue weighted by molar-refractivity contribution is 5.78. The molecule has 0 N–H and O–H groups in total. The summed E-state index contributed by atoms with van der Waals surface area (Å²) >= 11 is 0. The molecule has 0 amide bonds. The third-order valence-electron chi connectivity index (χ3n) is 11.1. The van der Waals surface area contributed by atoms with Gasteiger partial charge in [0.1, 0.15) is 23.3 Å². The molecule has 6 aromatic carbocycles. The normalized spacial score (nSPS) is 19.8. The molecule has 6 heteroatoms. The van der Waals surface area contributed by atoms with Gasteiger partial charge in [0.2, 0.25) is 0 Å². The van der Waals surface area contributed by atoms with E-state index in [9.17, 15) is 17.6 Å². The third kappa shape index (κ3) is 6.94. The summed E-state index contributed by atoms with van der Waals surface area (Å²) < 4.78 is 58.0. The average Bonchev–Trinajstić information content (AvgIpc) is 3.15. The van der Waals surface area contributed by atoms with Gasteiger partial charge in [-0.2, -0.15) is 0 Å². The van der Waals surface area contributed by atoms with Crippen LogP contribution in [0.4, 0.5) is 51.7 Å². The summed E-state index contributed by atoms with van der Waals surface area (Å²) in [6, 6.07) is 42.7. The monoisotopic (exact) mass is 696 g/mol. The number of halogens is 4. The van der Waals surface area contributed by atoms with Gasteiger partial charge in [0.25, 0.3) is 0 Å². The van der Waals surface area contributed by atoms with Crippen molar-refractivity contribution in [3.8, 4) is 0 Å². The van der Waals surface area contributed by atoms with E-state index in [2.05, 4.69) is 36.4 Å². The number of hydrogen-bond acceptors (Lipinski definition) is 2. The Labute approximate surface area is 303 Å². The van der Waals surface area contributed by atoms with Gasteiger partial charge in [0.15, 0.2) is 0 Å². The molecular weight excluding hydrogens is 657 g/mol. The number of hydrogen-bond donors (Lipinski definition) is 0. The van der Waals surface area contributed by atoms with Crippen molar-refractivity contribution in [2.45, 2.75) is 50.4 Å². The quantitative estimate of drug-likeness (QED) is 0.146. The van der Waals surface area contributed by atoms with E-state index in [1.54, 1.807) is 24.3 Å². The minimum atomic E-state index is -0.350. The number of anilines is 6. The van der Waals surface area contributed by atoms with E-state index >= 15 is 0 Å². The van der Waals surface area contributed by atoms with Gasteiger partial charge in [-0.3, -0.25) is 0 Å². The van der Waals surface area contributed by atoms with Crippen molar-refractivity contribution in [2.24, 2.45) is 11.8 Å². The SMILES string of the molecule is Fc1cccc(N(c2cccc(F)c2)c2cccc(C3CCCC4C(c5cccc(N(c6cccc(F)c6)c6cccc(F)c6)c5)CCCC34)c2)c1. The van der Waals surface area contributed by atoms with E-state index < -0.39 is 0 Å². The number of fused-ring (bicyclic) bond motifs is 1. The molecule has 0 spiro atoms. The predicted molar refractivity (Wildman–Crippen MR) is 202 cm³/mol. The minimum absolute atomic E-state index is 0.350. The Morgan fingerprint density at radius 3 is 0.942 bits per heavy atom. The van der Waals surface area contributed by atoms with E-state index in [0.717, 1.165) is 49.9 Å². The summed E-state index contributed by atoms with van der Waals surface area (Å²) in [5.41, 5.74) is 6.77. The van der Waals surface area contributed by atoms with Gasteiger partial charge in [0, 0.05) is 34.1 Å². The van der Waals surface area contributed by atoms with Crippen LogP contribution in [-0.4, -0.2) is 0 Å². The predicted octanol–water partition coefficient (Wildman–Crippen LogP) is 13.7. The topological polar surface area (TPSA) is 6.48 Å². The summed E-state index contributed by atoms with van der Waals surface area (Å²) in [7, 11) is 0. The lowest BCUT2D eigenvalue weighted by molar-refractivity contribution is 0.121. The molecule has 4 atom stereocenters. The molecule has 0 aliphatic heterocycles. The average molecular weight is 697 g/mol. The fourth-order valence-electron chi connectivity index (χ4n) is 8.97. The van der Waals surface area contributed by atoms with Gasteiger partial charge < -0.3 is 9.80 Å². The maximum absolute atomic E-state index is 14.5. The Morgan fingerprint density at radius 1 is 0.346 bits per heavy atom. The maximum Gasteiger partial charge on any atom is 0.125 e. The molecule has 52 heavy (non-hydrogen) atoms. The van der Waals surface area contributed by atoms with Crippen molar-refractivity contribution in [3.05, 3.63) is 180 Å². The van der Waals surface area contributed by atoms with Crippen LogP contribution in [0.2, 0.25) is 0 Å². The summed E-state index contributed by atoms with van der Waals surface area (Å²) in [6.45, 7) is 0. The minimum Gasteiger partial charge on any atom is -0.310 e. The van der Waals surface area contributed by atoms with E-state index in [1.165, 1.54) is 59.7 Å². The second kappa shape index (κ2) is 14.7. The lowest BCUT2D eigenvalue weighted by atomic mass is 9.59. The van der Waals surface area contributed by atoms with Crippen molar-refractivity contribution >= 4 is 34.1 Å². The van der Waals surface area contributed by atoms with Gasteiger partial charge in [-0.1, -0.05) is 61.4 Å². The van der Waals surface area contributed by atoms with Gasteiger partial charge in [-0.05, 0) is 158 Å². The molecule has 2 saturated carbocycles. The van der Waals surface area contributed by atoms with Gasteiger partial charge in [-0.15, -0.1) is 0 Å². The van der Waals surface area contributed by atoms with Crippen LogP contribution in [0.25, 0.3) is 0 Å². The smallest absolute Gasteiger partial charge is 0.125 e. The molecular formula is C46H40F4N2. The van der Waals surface area contributed by atoms with Crippen LogP contribution in [-0.2, 0) is 0 Å². The number of benzene rings is 6. The van der Waals surface area contributed by atoms with Crippen LogP contribution in [0.1, 0.15) is 61.5 Å². The highest BCUT2D eigenvalue weighted by Gasteiger charge is 2.41. The van der Waals surface area contributed by atoms with Gasteiger partial charge in [0.05, 0.1) is 0 Å². The standard InChI is InChI=1S/C46H40F4N2/c47-33-11-3-17-39(27-33)51(40-18-4-12-34(48)28-40)37-15-1-9-31(25-37)43-21-7-24-46-44(22-8-23-45(43)46)32-10-2-16-38(26-32)52(41-19-5-13-35(49)29-41)42-20-6-14-36(50)30-42/h1-6,9-20,25-30,43-46H,7-8,21-24H2. The van der Waals surface area contributed by atoms with E-state index in [1.807, 2.05) is 46.2 Å². The van der Waals surface area contributed by atoms with Crippen LogP contribution in [0.3, 0.4) is 0 Å². The number of rotatable bonds is 8.